The number of benzene rings is 1. The molecule has 2 amide bonds. The molecule has 3 aromatic rings. The molecule has 0 aliphatic carbocycles. The van der Waals surface area contributed by atoms with Gasteiger partial charge in [-0.25, -0.2) is 0 Å². The van der Waals surface area contributed by atoms with E-state index >= 15 is 0 Å². The summed E-state index contributed by atoms with van der Waals surface area (Å²) in [6.45, 7) is 3.13. The van der Waals surface area contributed by atoms with E-state index in [-0.39, 0.29) is 45.7 Å². The van der Waals surface area contributed by atoms with Crippen LogP contribution in [-0.4, -0.2) is 101 Å². The second-order valence-corrected chi connectivity index (χ2v) is 10.3. The normalized spacial score (nSPS) is 13.9. The summed E-state index contributed by atoms with van der Waals surface area (Å²) in [6.07, 6.45) is 5.44. The van der Waals surface area contributed by atoms with E-state index in [1.165, 1.54) is 35.3 Å². The number of rotatable bonds is 13. The predicted molar refractivity (Wildman–Crippen MR) is 157 cm³/mol. The highest BCUT2D eigenvalue weighted by atomic mass is 35.5. The number of nitrogens with one attached hydrogen (secondary N) is 3. The summed E-state index contributed by atoms with van der Waals surface area (Å²) >= 11 is 6.19. The lowest BCUT2D eigenvalue weighted by Crippen LogP contribution is -2.46. The van der Waals surface area contributed by atoms with Crippen LogP contribution in [0.25, 0.3) is 11.3 Å². The largest absolute Gasteiger partial charge is 0.434 e. The highest BCUT2D eigenvalue weighted by Crippen LogP contribution is 2.37. The molecule has 3 heterocycles. The van der Waals surface area contributed by atoms with Crippen molar-refractivity contribution >= 4 is 41.6 Å². The topological polar surface area (TPSA) is 133 Å². The first-order valence-electron chi connectivity index (χ1n) is 13.4. The number of H-pyrrole nitrogens is 1. The number of halogens is 3. The summed E-state index contributed by atoms with van der Waals surface area (Å²) in [7, 11) is 3.71. The fourth-order valence-electron chi connectivity index (χ4n) is 4.93. The van der Waals surface area contributed by atoms with Crippen molar-refractivity contribution in [3.63, 3.8) is 0 Å². The maximum atomic E-state index is 13.3. The first-order chi connectivity index (χ1) is 20.2. The molecule has 12 nitrogen and oxygen atoms in total. The Labute approximate surface area is 247 Å². The molecule has 42 heavy (non-hydrogen) atoms. The lowest BCUT2D eigenvalue weighted by molar-refractivity contribution is -0.133. The number of likely N-dealkylation sites (tertiary alicyclic amines) is 1. The van der Waals surface area contributed by atoms with Crippen LogP contribution in [0.4, 0.5) is 20.3 Å². The summed E-state index contributed by atoms with van der Waals surface area (Å²) in [5.74, 6) is -0.488. The molecule has 0 atom stereocenters. The van der Waals surface area contributed by atoms with Crippen molar-refractivity contribution in [3.8, 4) is 17.0 Å². The fraction of sp³-hybridized carbons (Fsp3) is 0.444. The molecule has 15 heteroatoms. The van der Waals surface area contributed by atoms with E-state index in [0.29, 0.717) is 24.9 Å². The Balaban J connectivity index is 1.55. The van der Waals surface area contributed by atoms with Crippen LogP contribution in [0.3, 0.4) is 0 Å². The molecule has 3 N–H and O–H groups in total. The highest BCUT2D eigenvalue weighted by molar-refractivity contribution is 6.31. The number of piperidine rings is 1. The Morgan fingerprint density at radius 1 is 1.33 bits per heavy atom. The minimum Gasteiger partial charge on any atom is -0.434 e. The Kier molecular flexibility index (Phi) is 10.5. The van der Waals surface area contributed by atoms with Crippen molar-refractivity contribution in [2.45, 2.75) is 38.5 Å². The zero-order valence-corrected chi connectivity index (χ0v) is 24.2. The van der Waals surface area contributed by atoms with Crippen LogP contribution >= 0.6 is 11.6 Å². The smallest absolute Gasteiger partial charge is 0.387 e. The van der Waals surface area contributed by atoms with Gasteiger partial charge in [0, 0.05) is 49.5 Å². The van der Waals surface area contributed by atoms with E-state index in [4.69, 9.17) is 16.3 Å². The van der Waals surface area contributed by atoms with Gasteiger partial charge in [0.15, 0.2) is 0 Å². The quantitative estimate of drug-likeness (QED) is 0.199. The maximum Gasteiger partial charge on any atom is 0.387 e. The van der Waals surface area contributed by atoms with Gasteiger partial charge in [-0.05, 0) is 57.8 Å². The zero-order chi connectivity index (χ0) is 30.2. The van der Waals surface area contributed by atoms with Gasteiger partial charge in [0.2, 0.25) is 5.91 Å². The zero-order valence-electron chi connectivity index (χ0n) is 23.4. The molecule has 1 aromatic carbocycles. The molecular weight excluding hydrogens is 572 g/mol. The van der Waals surface area contributed by atoms with E-state index in [1.54, 1.807) is 11.9 Å². The minimum atomic E-state index is -3.10. The third-order valence-electron chi connectivity index (χ3n) is 7.12. The van der Waals surface area contributed by atoms with Crippen LogP contribution in [-0.2, 0) is 11.3 Å². The number of hydrogen-bond donors (Lipinski definition) is 3. The van der Waals surface area contributed by atoms with Crippen molar-refractivity contribution in [2.75, 3.05) is 50.9 Å². The third-order valence-corrected chi connectivity index (χ3v) is 7.36. The molecular formula is C27H34ClF2N9O3. The summed E-state index contributed by atoms with van der Waals surface area (Å²) < 4.78 is 32.5. The minimum absolute atomic E-state index is 0.109. The van der Waals surface area contributed by atoms with Gasteiger partial charge in [-0.2, -0.15) is 19.0 Å². The van der Waals surface area contributed by atoms with Gasteiger partial charge in [-0.1, -0.05) is 11.6 Å². The molecule has 1 saturated heterocycles. The van der Waals surface area contributed by atoms with Gasteiger partial charge in [0.25, 0.3) is 5.91 Å². The Hall–Kier alpha value is -4.04. The summed E-state index contributed by atoms with van der Waals surface area (Å²) in [4.78, 5) is 34.3. The number of aromatic nitrogens is 4. The van der Waals surface area contributed by atoms with Crippen molar-refractivity contribution in [1.82, 2.24) is 29.8 Å². The van der Waals surface area contributed by atoms with Crippen molar-refractivity contribution < 1.29 is 23.1 Å². The molecule has 4 rings (SSSR count). The van der Waals surface area contributed by atoms with E-state index < -0.39 is 12.5 Å². The molecule has 2 aromatic heterocycles. The number of amides is 2. The van der Waals surface area contributed by atoms with Gasteiger partial charge < -0.3 is 30.2 Å². The number of aliphatic imine (C=N–C) groups is 1. The Morgan fingerprint density at radius 2 is 2.10 bits per heavy atom. The highest BCUT2D eigenvalue weighted by Gasteiger charge is 2.27. The van der Waals surface area contributed by atoms with Gasteiger partial charge in [-0.3, -0.25) is 19.4 Å². The van der Waals surface area contributed by atoms with E-state index in [9.17, 15) is 18.4 Å². The SMILES string of the molecule is C=NCCCN(C)C1CCN(C(=O)Cn2cc(NC(=O)c3cn[nH]c3NC)c(-c3cc(Cl)ccc3OC(F)F)n2)CC1. The summed E-state index contributed by atoms with van der Waals surface area (Å²) in [6, 6.07) is 4.48. The monoisotopic (exact) mass is 605 g/mol. The van der Waals surface area contributed by atoms with Crippen molar-refractivity contribution in [3.05, 3.63) is 41.2 Å². The van der Waals surface area contributed by atoms with Crippen molar-refractivity contribution in [1.29, 1.82) is 0 Å². The van der Waals surface area contributed by atoms with E-state index in [1.807, 2.05) is 0 Å². The first-order valence-corrected chi connectivity index (χ1v) is 13.8. The van der Waals surface area contributed by atoms with Gasteiger partial charge in [0.1, 0.15) is 29.4 Å². The second-order valence-electron chi connectivity index (χ2n) is 9.86. The van der Waals surface area contributed by atoms with Crippen molar-refractivity contribution in [2.24, 2.45) is 4.99 Å². The Morgan fingerprint density at radius 3 is 2.79 bits per heavy atom. The number of hydrogen-bond acceptors (Lipinski definition) is 8. The van der Waals surface area contributed by atoms with Crippen LogP contribution in [0.1, 0.15) is 29.6 Å². The number of anilines is 2. The van der Waals surface area contributed by atoms with Crippen LogP contribution in [0, 0.1) is 0 Å². The maximum absolute atomic E-state index is 13.3. The third kappa shape index (κ3) is 7.62. The lowest BCUT2D eigenvalue weighted by Gasteiger charge is -2.36. The predicted octanol–water partition coefficient (Wildman–Crippen LogP) is 3.84. The Bertz CT molecular complexity index is 1390. The lowest BCUT2D eigenvalue weighted by atomic mass is 10.0. The van der Waals surface area contributed by atoms with Gasteiger partial charge in [-0.15, -0.1) is 0 Å². The van der Waals surface area contributed by atoms with E-state index in [2.05, 4.69) is 49.6 Å². The molecule has 0 saturated carbocycles. The number of nitrogens with zero attached hydrogens (tertiary/aromatic N) is 6. The number of aromatic amines is 1. The molecule has 0 unspecified atom stereocenters. The molecule has 226 valence electrons. The molecule has 0 radical (unpaired) electrons. The standard InChI is InChI=1S/C27H34ClF2N9O3/c1-31-9-4-10-37(3)18-7-11-38(12-8-18)23(40)16-39-15-21(34-26(41)20-14-33-35-25(20)32-2)24(36-39)19-13-17(28)5-6-22(19)42-27(29)30/h5-6,13-15,18,27H,1,4,7-12,16H2,2-3H3,(H,34,41)(H2,32,33,35). The fourth-order valence-corrected chi connectivity index (χ4v) is 5.10. The van der Waals surface area contributed by atoms with Crippen LogP contribution in [0.5, 0.6) is 5.75 Å². The average molecular weight is 606 g/mol. The van der Waals surface area contributed by atoms with Crippen LogP contribution < -0.4 is 15.4 Å². The summed E-state index contributed by atoms with van der Waals surface area (Å²) in [5.41, 5.74) is 0.627. The van der Waals surface area contributed by atoms with Gasteiger partial charge >= 0.3 is 6.61 Å². The summed E-state index contributed by atoms with van der Waals surface area (Å²) in [5, 5.41) is 16.9. The number of alkyl halides is 2. The first kappa shape index (κ1) is 30.9. The number of ether oxygens (including phenoxy) is 1. The molecule has 1 aliphatic rings. The van der Waals surface area contributed by atoms with Gasteiger partial charge in [0.05, 0.1) is 11.9 Å². The second kappa shape index (κ2) is 14.2. The number of carbonyl (C=O) groups is 2. The van der Waals surface area contributed by atoms with E-state index in [0.717, 1.165) is 32.4 Å². The molecule has 0 bridgehead atoms. The molecule has 1 fully saturated rings. The number of carbonyl (C=O) groups excluding carboxylic acids is 2. The average Bonchev–Trinajstić information content (AvgIpc) is 3.61. The van der Waals surface area contributed by atoms with Crippen LogP contribution in [0.15, 0.2) is 35.6 Å². The molecule has 0 spiro atoms. The molecule has 1 aliphatic heterocycles. The van der Waals surface area contributed by atoms with Crippen LogP contribution in [0.2, 0.25) is 5.02 Å².